The average molecular weight is 294 g/mol. The largest absolute Gasteiger partial charge is 0.395 e. The first-order valence-electron chi connectivity index (χ1n) is 6.77. The molecule has 5 nitrogen and oxygen atoms in total. The van der Waals surface area contributed by atoms with E-state index in [0.29, 0.717) is 0 Å². The SMILES string of the molecule is CSc1cccc(N2CCN(CCO)CC2)c1C(=N)N. The molecule has 2 rings (SSSR count). The smallest absolute Gasteiger partial charge is 0.126 e. The van der Waals surface area contributed by atoms with Crippen LogP contribution in [-0.4, -0.2) is 61.4 Å². The van der Waals surface area contributed by atoms with Gasteiger partial charge in [0.15, 0.2) is 0 Å². The van der Waals surface area contributed by atoms with E-state index in [1.165, 1.54) is 0 Å². The van der Waals surface area contributed by atoms with Crippen molar-refractivity contribution in [2.24, 2.45) is 5.73 Å². The average Bonchev–Trinajstić information content (AvgIpc) is 2.47. The first-order valence-corrected chi connectivity index (χ1v) is 7.99. The van der Waals surface area contributed by atoms with Crippen molar-refractivity contribution >= 4 is 23.3 Å². The molecule has 1 aromatic rings. The molecule has 0 saturated carbocycles. The molecule has 20 heavy (non-hydrogen) atoms. The van der Waals surface area contributed by atoms with Gasteiger partial charge >= 0.3 is 0 Å². The number of thioether (sulfide) groups is 1. The van der Waals surface area contributed by atoms with Crippen molar-refractivity contribution in [2.45, 2.75) is 4.90 Å². The third kappa shape index (κ3) is 3.26. The summed E-state index contributed by atoms with van der Waals surface area (Å²) in [7, 11) is 0. The van der Waals surface area contributed by atoms with Crippen LogP contribution in [0.3, 0.4) is 0 Å². The van der Waals surface area contributed by atoms with Crippen LogP contribution < -0.4 is 10.6 Å². The number of amidine groups is 1. The van der Waals surface area contributed by atoms with Gasteiger partial charge in [0.1, 0.15) is 5.84 Å². The summed E-state index contributed by atoms with van der Waals surface area (Å²) in [5.74, 6) is 0.128. The fourth-order valence-electron chi connectivity index (χ4n) is 2.58. The molecule has 1 aromatic carbocycles. The number of hydrogen-bond acceptors (Lipinski definition) is 5. The molecule has 0 bridgehead atoms. The molecule has 0 radical (unpaired) electrons. The van der Waals surface area contributed by atoms with Crippen molar-refractivity contribution < 1.29 is 5.11 Å². The Bertz CT molecular complexity index is 472. The predicted molar refractivity (Wildman–Crippen MR) is 85.0 cm³/mol. The van der Waals surface area contributed by atoms with Crippen LogP contribution in [0.4, 0.5) is 5.69 Å². The summed E-state index contributed by atoms with van der Waals surface area (Å²) in [6.45, 7) is 4.61. The van der Waals surface area contributed by atoms with E-state index in [-0.39, 0.29) is 12.4 Å². The highest BCUT2D eigenvalue weighted by Crippen LogP contribution is 2.29. The van der Waals surface area contributed by atoms with Gasteiger partial charge < -0.3 is 15.7 Å². The second-order valence-electron chi connectivity index (χ2n) is 4.82. The number of nitrogens with one attached hydrogen (secondary N) is 1. The Morgan fingerprint density at radius 1 is 1.35 bits per heavy atom. The van der Waals surface area contributed by atoms with Gasteiger partial charge in [-0.1, -0.05) is 6.07 Å². The second kappa shape index (κ2) is 6.97. The molecule has 0 aromatic heterocycles. The standard InChI is InChI=1S/C14H22N4OS/c1-20-12-4-2-3-11(13(12)14(15)16)18-7-5-17(6-8-18)9-10-19/h2-4,19H,5-10H2,1H3,(H3,15,16). The fraction of sp³-hybridized carbons (Fsp3) is 0.500. The van der Waals surface area contributed by atoms with Crippen LogP contribution in [0.15, 0.2) is 23.1 Å². The van der Waals surface area contributed by atoms with Gasteiger partial charge in [0.2, 0.25) is 0 Å². The summed E-state index contributed by atoms with van der Waals surface area (Å²) >= 11 is 1.62. The van der Waals surface area contributed by atoms with Crippen LogP contribution in [0.2, 0.25) is 0 Å². The topological polar surface area (TPSA) is 76.6 Å². The molecule has 0 atom stereocenters. The van der Waals surface area contributed by atoms with Crippen molar-refractivity contribution in [1.29, 1.82) is 5.41 Å². The lowest BCUT2D eigenvalue weighted by Gasteiger charge is -2.36. The summed E-state index contributed by atoms with van der Waals surface area (Å²) in [4.78, 5) is 5.58. The number of benzene rings is 1. The van der Waals surface area contributed by atoms with Gasteiger partial charge in [-0.25, -0.2) is 0 Å². The number of rotatable bonds is 5. The second-order valence-corrected chi connectivity index (χ2v) is 5.67. The van der Waals surface area contributed by atoms with Gasteiger partial charge in [-0.3, -0.25) is 10.3 Å². The number of nitrogens with two attached hydrogens (primary N) is 1. The Hall–Kier alpha value is -1.24. The summed E-state index contributed by atoms with van der Waals surface area (Å²) in [6, 6.07) is 6.07. The number of aliphatic hydroxyl groups is 1. The third-order valence-electron chi connectivity index (χ3n) is 3.62. The van der Waals surface area contributed by atoms with Crippen molar-refractivity contribution in [3.05, 3.63) is 23.8 Å². The molecule has 0 aliphatic carbocycles. The lowest BCUT2D eigenvalue weighted by molar-refractivity contribution is 0.189. The lowest BCUT2D eigenvalue weighted by atomic mass is 10.1. The first kappa shape index (κ1) is 15.2. The summed E-state index contributed by atoms with van der Waals surface area (Å²) in [5.41, 5.74) is 7.66. The van der Waals surface area contributed by atoms with Crippen LogP contribution in [0.1, 0.15) is 5.56 Å². The Kier molecular flexibility index (Phi) is 5.28. The number of hydrogen-bond donors (Lipinski definition) is 3. The molecule has 1 heterocycles. The molecule has 1 aliphatic rings. The fourth-order valence-corrected chi connectivity index (χ4v) is 3.21. The molecular weight excluding hydrogens is 272 g/mol. The van der Waals surface area contributed by atoms with Crippen LogP contribution in [0.5, 0.6) is 0 Å². The summed E-state index contributed by atoms with van der Waals surface area (Å²) in [6.07, 6.45) is 2.00. The molecule has 1 saturated heterocycles. The monoisotopic (exact) mass is 294 g/mol. The van der Waals surface area contributed by atoms with Crippen molar-refractivity contribution in [3.63, 3.8) is 0 Å². The van der Waals surface area contributed by atoms with E-state index in [0.717, 1.165) is 48.9 Å². The summed E-state index contributed by atoms with van der Waals surface area (Å²) < 4.78 is 0. The van der Waals surface area contributed by atoms with Crippen molar-refractivity contribution in [1.82, 2.24) is 4.90 Å². The molecule has 0 unspecified atom stereocenters. The lowest BCUT2D eigenvalue weighted by Crippen LogP contribution is -2.47. The highest BCUT2D eigenvalue weighted by atomic mass is 32.2. The Morgan fingerprint density at radius 3 is 2.60 bits per heavy atom. The zero-order valence-electron chi connectivity index (χ0n) is 11.8. The van der Waals surface area contributed by atoms with Crippen LogP contribution in [-0.2, 0) is 0 Å². The van der Waals surface area contributed by atoms with Gasteiger partial charge in [0.05, 0.1) is 12.2 Å². The number of β-amino-alcohol motifs (C(OH)–C–C–N with tert-alkyl or cyclic N) is 1. The van der Waals surface area contributed by atoms with Crippen LogP contribution in [0.25, 0.3) is 0 Å². The predicted octanol–water partition coefficient (Wildman–Crippen LogP) is 0.807. The maximum absolute atomic E-state index is 8.98. The highest BCUT2D eigenvalue weighted by Gasteiger charge is 2.21. The third-order valence-corrected chi connectivity index (χ3v) is 4.40. The highest BCUT2D eigenvalue weighted by molar-refractivity contribution is 7.98. The molecule has 1 fully saturated rings. The molecule has 6 heteroatoms. The van der Waals surface area contributed by atoms with Gasteiger partial charge in [-0.05, 0) is 18.4 Å². The molecule has 0 spiro atoms. The number of nitrogen functional groups attached to an aromatic ring is 1. The van der Waals surface area contributed by atoms with Gasteiger partial charge in [-0.15, -0.1) is 11.8 Å². The van der Waals surface area contributed by atoms with Crippen LogP contribution in [0, 0.1) is 5.41 Å². The van der Waals surface area contributed by atoms with Crippen molar-refractivity contribution in [2.75, 3.05) is 50.5 Å². The van der Waals surface area contributed by atoms with Gasteiger partial charge in [0, 0.05) is 43.3 Å². The Morgan fingerprint density at radius 2 is 2.05 bits per heavy atom. The zero-order chi connectivity index (χ0) is 14.5. The molecule has 4 N–H and O–H groups in total. The molecular formula is C14H22N4OS. The minimum absolute atomic E-state index is 0.128. The minimum Gasteiger partial charge on any atom is -0.395 e. The normalized spacial score (nSPS) is 16.4. The van der Waals surface area contributed by atoms with E-state index >= 15 is 0 Å². The van der Waals surface area contributed by atoms with Crippen molar-refractivity contribution in [3.8, 4) is 0 Å². The zero-order valence-corrected chi connectivity index (χ0v) is 12.6. The van der Waals surface area contributed by atoms with Gasteiger partial charge in [0.25, 0.3) is 0 Å². The van der Waals surface area contributed by atoms with Crippen LogP contribution >= 0.6 is 11.8 Å². The van der Waals surface area contributed by atoms with E-state index in [1.54, 1.807) is 11.8 Å². The number of nitrogens with zero attached hydrogens (tertiary/aromatic N) is 2. The first-order chi connectivity index (χ1) is 9.67. The summed E-state index contributed by atoms with van der Waals surface area (Å²) in [5, 5.41) is 16.8. The van der Waals surface area contributed by atoms with E-state index in [2.05, 4.69) is 9.80 Å². The molecule has 110 valence electrons. The number of aliphatic hydroxyl groups excluding tert-OH is 1. The quantitative estimate of drug-likeness (QED) is 0.425. The number of piperazine rings is 1. The maximum Gasteiger partial charge on any atom is 0.126 e. The van der Waals surface area contributed by atoms with E-state index < -0.39 is 0 Å². The maximum atomic E-state index is 8.98. The van der Waals surface area contributed by atoms with E-state index in [1.807, 2.05) is 24.5 Å². The van der Waals surface area contributed by atoms with E-state index in [9.17, 15) is 0 Å². The molecule has 1 aliphatic heterocycles. The molecule has 0 amide bonds. The Balaban J connectivity index is 2.19. The number of anilines is 1. The van der Waals surface area contributed by atoms with E-state index in [4.69, 9.17) is 16.2 Å². The Labute approximate surface area is 124 Å². The minimum atomic E-state index is 0.128. The van der Waals surface area contributed by atoms with Gasteiger partial charge in [-0.2, -0.15) is 0 Å².